The van der Waals surface area contributed by atoms with E-state index in [0.717, 1.165) is 13.1 Å². The Labute approximate surface area is 139 Å². The third-order valence-electron chi connectivity index (χ3n) is 5.14. The quantitative estimate of drug-likeness (QED) is 0.635. The van der Waals surface area contributed by atoms with Crippen LogP contribution >= 0.6 is 15.9 Å². The molecule has 1 aliphatic carbocycles. The second-order valence-electron chi connectivity index (χ2n) is 6.92. The van der Waals surface area contributed by atoms with E-state index in [1.165, 1.54) is 48.6 Å². The molecular weight excluding hydrogens is 322 g/mol. The fraction of sp³-hybridized carbons (Fsp3) is 0.684. The van der Waals surface area contributed by atoms with Gasteiger partial charge in [0.1, 0.15) is 0 Å². The van der Waals surface area contributed by atoms with Crippen molar-refractivity contribution >= 4 is 15.9 Å². The van der Waals surface area contributed by atoms with E-state index >= 15 is 0 Å². The molecule has 1 nitrogen and oxygen atoms in total. The molecule has 0 spiro atoms. The Morgan fingerprint density at radius 2 is 1.76 bits per heavy atom. The summed E-state index contributed by atoms with van der Waals surface area (Å²) in [6.07, 6.45) is 8.12. The van der Waals surface area contributed by atoms with Crippen LogP contribution in [0.2, 0.25) is 0 Å². The standard InChI is InChI=1S/C19H30BrN/c1-4-10-18(11-5-2)13-19(14-18,15-21-6-3)16-8-7-9-17(20)12-16/h7-9,12,21H,4-6,10-11,13-15H2,1-3H3. The van der Waals surface area contributed by atoms with E-state index in [1.54, 1.807) is 0 Å². The highest BCUT2D eigenvalue weighted by Gasteiger charge is 2.53. The van der Waals surface area contributed by atoms with Crippen molar-refractivity contribution in [2.45, 2.75) is 64.7 Å². The zero-order valence-corrected chi connectivity index (χ0v) is 15.4. The van der Waals surface area contributed by atoms with E-state index in [1.807, 2.05) is 0 Å². The van der Waals surface area contributed by atoms with Crippen molar-refractivity contribution in [1.29, 1.82) is 0 Å². The number of nitrogens with one attached hydrogen (secondary N) is 1. The van der Waals surface area contributed by atoms with Crippen molar-refractivity contribution < 1.29 is 0 Å². The lowest BCUT2D eigenvalue weighted by Crippen LogP contribution is -2.54. The second kappa shape index (κ2) is 7.28. The van der Waals surface area contributed by atoms with E-state index in [0.29, 0.717) is 10.8 Å². The maximum Gasteiger partial charge on any atom is 0.0178 e. The molecule has 1 aliphatic rings. The van der Waals surface area contributed by atoms with E-state index in [-0.39, 0.29) is 0 Å². The van der Waals surface area contributed by atoms with Gasteiger partial charge in [-0.3, -0.25) is 0 Å². The number of likely N-dealkylation sites (N-methyl/N-ethyl adjacent to an activating group) is 1. The predicted octanol–water partition coefficient (Wildman–Crippen LogP) is 5.68. The molecule has 1 saturated carbocycles. The van der Waals surface area contributed by atoms with E-state index in [4.69, 9.17) is 0 Å². The predicted molar refractivity (Wildman–Crippen MR) is 95.8 cm³/mol. The molecule has 0 aliphatic heterocycles. The van der Waals surface area contributed by atoms with Crippen molar-refractivity contribution in [3.63, 3.8) is 0 Å². The Kier molecular flexibility index (Phi) is 5.90. The molecule has 1 aromatic carbocycles. The van der Waals surface area contributed by atoms with Gasteiger partial charge in [-0.05, 0) is 55.3 Å². The molecule has 0 unspecified atom stereocenters. The average Bonchev–Trinajstić information content (AvgIpc) is 2.43. The molecule has 0 heterocycles. The summed E-state index contributed by atoms with van der Waals surface area (Å²) in [5, 5.41) is 3.62. The average molecular weight is 352 g/mol. The molecule has 1 aromatic rings. The Hall–Kier alpha value is -0.340. The molecule has 2 rings (SSSR count). The maximum atomic E-state index is 3.65. The molecule has 1 fully saturated rings. The minimum atomic E-state index is 0.351. The summed E-state index contributed by atoms with van der Waals surface area (Å²) < 4.78 is 1.21. The highest BCUT2D eigenvalue weighted by molar-refractivity contribution is 9.10. The molecule has 0 amide bonds. The van der Waals surface area contributed by atoms with Crippen LogP contribution in [0.1, 0.15) is 64.9 Å². The van der Waals surface area contributed by atoms with Crippen molar-refractivity contribution in [3.8, 4) is 0 Å². The minimum absolute atomic E-state index is 0.351. The molecule has 21 heavy (non-hydrogen) atoms. The summed E-state index contributed by atoms with van der Waals surface area (Å²) in [5.74, 6) is 0. The number of hydrogen-bond acceptors (Lipinski definition) is 1. The van der Waals surface area contributed by atoms with Crippen LogP contribution in [0.5, 0.6) is 0 Å². The fourth-order valence-corrected chi connectivity index (χ4v) is 4.94. The minimum Gasteiger partial charge on any atom is -0.316 e. The molecule has 118 valence electrons. The Morgan fingerprint density at radius 3 is 2.29 bits per heavy atom. The van der Waals surface area contributed by atoms with Gasteiger partial charge in [0.2, 0.25) is 0 Å². The summed E-state index contributed by atoms with van der Waals surface area (Å²) in [7, 11) is 0. The van der Waals surface area contributed by atoms with E-state index in [9.17, 15) is 0 Å². The van der Waals surface area contributed by atoms with Gasteiger partial charge in [0.05, 0.1) is 0 Å². The lowest BCUT2D eigenvalue weighted by atomic mass is 9.48. The molecular formula is C19H30BrN. The molecule has 2 heteroatoms. The Balaban J connectivity index is 2.21. The van der Waals surface area contributed by atoms with Crippen LogP contribution in [0.15, 0.2) is 28.7 Å². The molecule has 0 radical (unpaired) electrons. The lowest BCUT2D eigenvalue weighted by molar-refractivity contribution is 0.00310. The summed E-state index contributed by atoms with van der Waals surface area (Å²) in [5.41, 5.74) is 2.46. The number of halogens is 1. The first kappa shape index (κ1) is 17.0. The van der Waals surface area contributed by atoms with Crippen molar-refractivity contribution in [2.24, 2.45) is 5.41 Å². The van der Waals surface area contributed by atoms with E-state index < -0.39 is 0 Å². The zero-order chi connectivity index (χ0) is 15.3. The largest absolute Gasteiger partial charge is 0.316 e. The third-order valence-corrected chi connectivity index (χ3v) is 5.63. The van der Waals surface area contributed by atoms with Crippen LogP contribution in [0, 0.1) is 5.41 Å². The van der Waals surface area contributed by atoms with Gasteiger partial charge in [0, 0.05) is 16.4 Å². The maximum absolute atomic E-state index is 3.65. The zero-order valence-electron chi connectivity index (χ0n) is 13.8. The van der Waals surface area contributed by atoms with Gasteiger partial charge >= 0.3 is 0 Å². The van der Waals surface area contributed by atoms with Crippen LogP contribution in [-0.2, 0) is 5.41 Å². The summed E-state index contributed by atoms with van der Waals surface area (Å²) >= 11 is 3.65. The SMILES string of the molecule is CCCC1(CCC)CC(CNCC)(c2cccc(Br)c2)C1. The highest BCUT2D eigenvalue weighted by Crippen LogP contribution is 2.60. The van der Waals surface area contributed by atoms with Crippen molar-refractivity contribution in [2.75, 3.05) is 13.1 Å². The van der Waals surface area contributed by atoms with Crippen molar-refractivity contribution in [3.05, 3.63) is 34.3 Å². The Morgan fingerprint density at radius 1 is 1.10 bits per heavy atom. The fourth-order valence-electron chi connectivity index (χ4n) is 4.54. The van der Waals surface area contributed by atoms with Crippen LogP contribution < -0.4 is 5.32 Å². The topological polar surface area (TPSA) is 12.0 Å². The first-order valence-electron chi connectivity index (χ1n) is 8.56. The summed E-state index contributed by atoms with van der Waals surface area (Å²) in [6, 6.07) is 8.98. The molecule has 0 bridgehead atoms. The second-order valence-corrected chi connectivity index (χ2v) is 7.84. The van der Waals surface area contributed by atoms with Crippen LogP contribution in [-0.4, -0.2) is 13.1 Å². The summed E-state index contributed by atoms with van der Waals surface area (Å²) in [4.78, 5) is 0. The van der Waals surface area contributed by atoms with Gasteiger partial charge in [-0.15, -0.1) is 0 Å². The lowest BCUT2D eigenvalue weighted by Gasteiger charge is -2.58. The summed E-state index contributed by atoms with van der Waals surface area (Å²) in [6.45, 7) is 9.06. The van der Waals surface area contributed by atoms with Gasteiger partial charge in [0.15, 0.2) is 0 Å². The Bertz CT molecular complexity index is 441. The molecule has 0 saturated heterocycles. The monoisotopic (exact) mass is 351 g/mol. The number of hydrogen-bond donors (Lipinski definition) is 1. The van der Waals surface area contributed by atoms with Gasteiger partial charge in [-0.1, -0.05) is 61.7 Å². The van der Waals surface area contributed by atoms with Crippen LogP contribution in [0.25, 0.3) is 0 Å². The normalized spacial score (nSPS) is 19.2. The van der Waals surface area contributed by atoms with Gasteiger partial charge in [0.25, 0.3) is 0 Å². The number of benzene rings is 1. The van der Waals surface area contributed by atoms with Crippen molar-refractivity contribution in [1.82, 2.24) is 5.32 Å². The highest BCUT2D eigenvalue weighted by atomic mass is 79.9. The van der Waals surface area contributed by atoms with Crippen LogP contribution in [0.3, 0.4) is 0 Å². The van der Waals surface area contributed by atoms with Crippen LogP contribution in [0.4, 0.5) is 0 Å². The third kappa shape index (κ3) is 3.71. The molecule has 0 aromatic heterocycles. The van der Waals surface area contributed by atoms with E-state index in [2.05, 4.69) is 66.3 Å². The smallest absolute Gasteiger partial charge is 0.0178 e. The van der Waals surface area contributed by atoms with Gasteiger partial charge in [-0.25, -0.2) is 0 Å². The van der Waals surface area contributed by atoms with Gasteiger partial charge < -0.3 is 5.32 Å². The first-order chi connectivity index (χ1) is 10.1. The molecule has 0 atom stereocenters. The molecule has 1 N–H and O–H groups in total. The number of rotatable bonds is 8. The first-order valence-corrected chi connectivity index (χ1v) is 9.36. The van der Waals surface area contributed by atoms with Gasteiger partial charge in [-0.2, -0.15) is 0 Å².